The number of Topliss-reactive ketones (excluding diaryl/α,β-unsaturated/α-hetero) is 1. The summed E-state index contributed by atoms with van der Waals surface area (Å²) in [6, 6.07) is 44.1. The minimum atomic E-state index is -0.736. The van der Waals surface area contributed by atoms with Crippen LogP contribution in [0, 0.1) is 19.8 Å². The van der Waals surface area contributed by atoms with Crippen molar-refractivity contribution in [3.8, 4) is 0 Å². The topological polar surface area (TPSA) is 29.1 Å². The van der Waals surface area contributed by atoms with Crippen LogP contribution < -0.4 is 5.32 Å². The molecule has 0 radical (unpaired) electrons. The number of rotatable bonds is 4. The van der Waals surface area contributed by atoms with Gasteiger partial charge in [0.05, 0.1) is 11.3 Å². The van der Waals surface area contributed by atoms with Crippen molar-refractivity contribution >= 4 is 28.3 Å². The molecule has 2 aliphatic rings. The van der Waals surface area contributed by atoms with Crippen molar-refractivity contribution in [2.24, 2.45) is 5.92 Å². The molecule has 1 aliphatic heterocycles. The molecule has 2 heteroatoms. The average molecular weight is 530 g/mol. The first-order valence-electron chi connectivity index (χ1n) is 14.2. The fourth-order valence-electron chi connectivity index (χ4n) is 6.55. The van der Waals surface area contributed by atoms with Crippen molar-refractivity contribution in [3.05, 3.63) is 178 Å². The van der Waals surface area contributed by atoms with Crippen molar-refractivity contribution in [1.82, 2.24) is 0 Å². The highest BCUT2D eigenvalue weighted by atomic mass is 16.1. The third-order valence-corrected chi connectivity index (χ3v) is 8.57. The third-order valence-electron chi connectivity index (χ3n) is 8.57. The van der Waals surface area contributed by atoms with E-state index in [1.54, 1.807) is 0 Å². The van der Waals surface area contributed by atoms with Crippen molar-refractivity contribution in [1.29, 1.82) is 0 Å². The molecular weight excluding hydrogens is 498 g/mol. The number of carbonyl (C=O) groups excluding carboxylic acids is 1. The zero-order valence-electron chi connectivity index (χ0n) is 23.3. The molecule has 1 spiro atoms. The maximum absolute atomic E-state index is 15.0. The molecule has 41 heavy (non-hydrogen) atoms. The number of hydrogen-bond donors (Lipinski definition) is 1. The highest BCUT2D eigenvalue weighted by Crippen LogP contribution is 2.58. The number of ketones is 1. The lowest BCUT2D eigenvalue weighted by molar-refractivity contribution is 0.0925. The Kier molecular flexibility index (Phi) is 6.05. The lowest BCUT2D eigenvalue weighted by atomic mass is 9.56. The summed E-state index contributed by atoms with van der Waals surface area (Å²) in [4.78, 5) is 15.0. The van der Waals surface area contributed by atoms with Gasteiger partial charge in [0, 0.05) is 16.9 Å². The minimum Gasteiger partial charge on any atom is -0.355 e. The summed E-state index contributed by atoms with van der Waals surface area (Å²) in [7, 11) is 0. The molecule has 0 aromatic heterocycles. The SMILES string of the molecule is Cc1ccc(C(=O)C2C(c3ccccc3)=CC(c3ccc(C)cc3)=CC23c2ccccc2Nc2ccccc23)cc1. The summed E-state index contributed by atoms with van der Waals surface area (Å²) < 4.78 is 0. The van der Waals surface area contributed by atoms with Gasteiger partial charge >= 0.3 is 0 Å². The molecular formula is C39H31NO. The highest BCUT2D eigenvalue weighted by Gasteiger charge is 2.52. The van der Waals surface area contributed by atoms with Crippen molar-refractivity contribution < 1.29 is 4.79 Å². The molecule has 198 valence electrons. The normalized spacial score (nSPS) is 16.6. The van der Waals surface area contributed by atoms with Crippen LogP contribution in [0.25, 0.3) is 11.1 Å². The van der Waals surface area contributed by atoms with Crippen molar-refractivity contribution in [2.75, 3.05) is 5.32 Å². The molecule has 1 aliphatic carbocycles. The molecule has 1 N–H and O–H groups in total. The van der Waals surface area contributed by atoms with E-state index in [9.17, 15) is 4.79 Å². The van der Waals surface area contributed by atoms with Gasteiger partial charge in [-0.25, -0.2) is 0 Å². The first kappa shape index (κ1) is 25.0. The lowest BCUT2D eigenvalue weighted by Gasteiger charge is -2.47. The van der Waals surface area contributed by atoms with Crippen LogP contribution in [0.1, 0.15) is 43.7 Å². The Balaban J connectivity index is 1.60. The quantitative estimate of drug-likeness (QED) is 0.235. The number of anilines is 2. The maximum atomic E-state index is 15.0. The summed E-state index contributed by atoms with van der Waals surface area (Å²) in [5, 5.41) is 3.68. The first-order valence-corrected chi connectivity index (χ1v) is 14.2. The molecule has 0 amide bonds. The Hall–Kier alpha value is -4.95. The molecule has 1 atom stereocenters. The fourth-order valence-corrected chi connectivity index (χ4v) is 6.55. The van der Waals surface area contributed by atoms with Crippen LogP contribution in [-0.2, 0) is 5.41 Å². The van der Waals surface area contributed by atoms with Gasteiger partial charge in [-0.2, -0.15) is 0 Å². The molecule has 5 aromatic carbocycles. The van der Waals surface area contributed by atoms with E-state index in [1.165, 1.54) is 5.56 Å². The van der Waals surface area contributed by atoms with E-state index in [4.69, 9.17) is 0 Å². The second-order valence-corrected chi connectivity index (χ2v) is 11.2. The molecule has 0 saturated carbocycles. The van der Waals surface area contributed by atoms with E-state index in [2.05, 4.69) is 128 Å². The van der Waals surface area contributed by atoms with Crippen LogP contribution in [0.3, 0.4) is 0 Å². The molecule has 7 rings (SSSR count). The minimum absolute atomic E-state index is 0.116. The van der Waals surface area contributed by atoms with E-state index in [0.29, 0.717) is 0 Å². The monoisotopic (exact) mass is 529 g/mol. The number of benzene rings is 5. The fraction of sp³-hybridized carbons (Fsp3) is 0.103. The van der Waals surface area contributed by atoms with Crippen LogP contribution in [0.2, 0.25) is 0 Å². The van der Waals surface area contributed by atoms with Gasteiger partial charge in [-0.05, 0) is 59.4 Å². The first-order chi connectivity index (χ1) is 20.0. The number of fused-ring (bicyclic) bond motifs is 4. The number of carbonyl (C=O) groups is 1. The summed E-state index contributed by atoms with van der Waals surface area (Å²) >= 11 is 0. The lowest BCUT2D eigenvalue weighted by Crippen LogP contribution is -2.44. The zero-order valence-corrected chi connectivity index (χ0v) is 23.3. The number of nitrogens with one attached hydrogen (secondary N) is 1. The van der Waals surface area contributed by atoms with Crippen LogP contribution in [-0.4, -0.2) is 5.78 Å². The van der Waals surface area contributed by atoms with E-state index < -0.39 is 11.3 Å². The summed E-state index contributed by atoms with van der Waals surface area (Å²) in [6.07, 6.45) is 4.61. The van der Waals surface area contributed by atoms with Gasteiger partial charge in [0.15, 0.2) is 5.78 Å². The predicted molar refractivity (Wildman–Crippen MR) is 170 cm³/mol. The summed E-state index contributed by atoms with van der Waals surface area (Å²) in [6.45, 7) is 4.17. The van der Waals surface area contributed by atoms with E-state index >= 15 is 0 Å². The zero-order chi connectivity index (χ0) is 28.0. The van der Waals surface area contributed by atoms with Gasteiger partial charge < -0.3 is 5.32 Å². The molecule has 1 unspecified atom stereocenters. The molecule has 0 fully saturated rings. The van der Waals surface area contributed by atoms with Gasteiger partial charge in [-0.1, -0.05) is 139 Å². The molecule has 2 nitrogen and oxygen atoms in total. The Morgan fingerprint density at radius 3 is 1.76 bits per heavy atom. The van der Waals surface area contributed by atoms with Gasteiger partial charge in [-0.3, -0.25) is 4.79 Å². The van der Waals surface area contributed by atoms with Gasteiger partial charge in [0.1, 0.15) is 0 Å². The molecule has 5 aromatic rings. The molecule has 0 bridgehead atoms. The number of aryl methyl sites for hydroxylation is 2. The van der Waals surface area contributed by atoms with E-state index in [1.807, 2.05) is 30.3 Å². The summed E-state index contributed by atoms with van der Waals surface area (Å²) in [5.41, 5.74) is 11.0. The third kappa shape index (κ3) is 4.15. The van der Waals surface area contributed by atoms with Gasteiger partial charge in [-0.15, -0.1) is 0 Å². The number of hydrogen-bond acceptors (Lipinski definition) is 2. The Morgan fingerprint density at radius 2 is 1.15 bits per heavy atom. The van der Waals surface area contributed by atoms with Crippen LogP contribution >= 0.6 is 0 Å². The van der Waals surface area contributed by atoms with Crippen molar-refractivity contribution in [3.63, 3.8) is 0 Å². The highest BCUT2D eigenvalue weighted by molar-refractivity contribution is 6.10. The van der Waals surface area contributed by atoms with Gasteiger partial charge in [0.2, 0.25) is 0 Å². The van der Waals surface area contributed by atoms with E-state index in [-0.39, 0.29) is 5.78 Å². The van der Waals surface area contributed by atoms with Crippen molar-refractivity contribution in [2.45, 2.75) is 19.3 Å². The largest absolute Gasteiger partial charge is 0.355 e. The number of allylic oxidation sites excluding steroid dienone is 4. The standard InChI is InChI=1S/C39H31NO/c1-26-16-20-28(21-17-26)31-24-32(29-10-4-3-5-11-29)37(38(41)30-22-18-27(2)19-23-30)39(25-31)33-12-6-8-14-35(33)40-36-15-9-7-13-34(36)39/h3-25,37,40H,1-2H3. The predicted octanol–water partition coefficient (Wildman–Crippen LogP) is 9.33. The maximum Gasteiger partial charge on any atom is 0.171 e. The Bertz CT molecular complexity index is 1780. The smallest absolute Gasteiger partial charge is 0.171 e. The van der Waals surface area contributed by atoms with Crippen LogP contribution in [0.15, 0.2) is 140 Å². The average Bonchev–Trinajstić information content (AvgIpc) is 3.02. The number of para-hydroxylation sites is 2. The molecule has 1 heterocycles. The Morgan fingerprint density at radius 1 is 0.610 bits per heavy atom. The Labute approximate surface area is 241 Å². The van der Waals surface area contributed by atoms with Crippen LogP contribution in [0.4, 0.5) is 11.4 Å². The second-order valence-electron chi connectivity index (χ2n) is 11.2. The van der Waals surface area contributed by atoms with E-state index in [0.717, 1.165) is 55.9 Å². The van der Waals surface area contributed by atoms with Gasteiger partial charge in [0.25, 0.3) is 0 Å². The second kappa shape index (κ2) is 9.91. The summed E-state index contributed by atoms with van der Waals surface area (Å²) in [5.74, 6) is -0.364. The molecule has 0 saturated heterocycles. The van der Waals surface area contributed by atoms with Crippen LogP contribution in [0.5, 0.6) is 0 Å².